The third-order valence-corrected chi connectivity index (χ3v) is 4.04. The number of aromatic nitrogens is 1. The molecule has 1 heterocycles. The average Bonchev–Trinajstić information content (AvgIpc) is 2.59. The van der Waals surface area contributed by atoms with Crippen molar-refractivity contribution < 1.29 is 14.0 Å². The molecule has 0 bridgehead atoms. The van der Waals surface area contributed by atoms with E-state index < -0.39 is 17.6 Å². The summed E-state index contributed by atoms with van der Waals surface area (Å²) in [6, 6.07) is 11.7. The van der Waals surface area contributed by atoms with Crippen molar-refractivity contribution in [2.75, 3.05) is 5.32 Å². The number of carbonyl (C=O) groups is 2. The molecule has 2 aromatic carbocycles. The van der Waals surface area contributed by atoms with Crippen LogP contribution in [0.3, 0.4) is 0 Å². The molecule has 26 heavy (non-hydrogen) atoms. The lowest BCUT2D eigenvalue weighted by atomic mass is 10.1. The molecular formula is C19H16FN3O3. The number of anilines is 1. The van der Waals surface area contributed by atoms with Gasteiger partial charge < -0.3 is 15.6 Å². The molecular weight excluding hydrogens is 337 g/mol. The molecule has 7 heteroatoms. The second-order valence-electron chi connectivity index (χ2n) is 5.86. The monoisotopic (exact) mass is 353 g/mol. The van der Waals surface area contributed by atoms with E-state index in [1.165, 1.54) is 41.0 Å². The largest absolute Gasteiger partial charge is 0.366 e. The molecule has 6 nitrogen and oxygen atoms in total. The van der Waals surface area contributed by atoms with Crippen LogP contribution in [0.15, 0.2) is 53.3 Å². The van der Waals surface area contributed by atoms with Gasteiger partial charge in [0.1, 0.15) is 12.4 Å². The van der Waals surface area contributed by atoms with Crippen molar-refractivity contribution in [3.63, 3.8) is 0 Å². The average molecular weight is 353 g/mol. The van der Waals surface area contributed by atoms with Crippen LogP contribution in [0.1, 0.15) is 16.1 Å². The van der Waals surface area contributed by atoms with Crippen molar-refractivity contribution in [2.24, 2.45) is 5.73 Å². The highest BCUT2D eigenvalue weighted by atomic mass is 19.1. The predicted molar refractivity (Wildman–Crippen MR) is 96.5 cm³/mol. The molecule has 0 aliphatic heterocycles. The number of para-hydroxylation sites is 1. The summed E-state index contributed by atoms with van der Waals surface area (Å²) in [5.41, 5.74) is 6.25. The molecule has 3 aromatic rings. The highest BCUT2D eigenvalue weighted by Gasteiger charge is 2.13. The number of nitrogens with zero attached hydrogens (tertiary/aromatic N) is 1. The number of primary amides is 1. The molecule has 1 aromatic heterocycles. The van der Waals surface area contributed by atoms with Gasteiger partial charge in [-0.3, -0.25) is 14.4 Å². The molecule has 3 rings (SSSR count). The molecule has 0 radical (unpaired) electrons. The number of amides is 2. The minimum absolute atomic E-state index is 0.0942. The lowest BCUT2D eigenvalue weighted by Gasteiger charge is -2.15. The van der Waals surface area contributed by atoms with E-state index >= 15 is 0 Å². The van der Waals surface area contributed by atoms with Crippen LogP contribution in [0, 0.1) is 12.7 Å². The highest BCUT2D eigenvalue weighted by molar-refractivity contribution is 5.95. The molecule has 2 amide bonds. The molecule has 3 N–H and O–H groups in total. The van der Waals surface area contributed by atoms with Gasteiger partial charge >= 0.3 is 0 Å². The van der Waals surface area contributed by atoms with Gasteiger partial charge in [-0.15, -0.1) is 0 Å². The minimum atomic E-state index is -0.568. The normalized spacial score (nSPS) is 10.7. The maximum Gasteiger partial charge on any atom is 0.248 e. The summed E-state index contributed by atoms with van der Waals surface area (Å²) in [4.78, 5) is 35.5. The number of aryl methyl sites for hydroxylation is 1. The number of nitrogens with one attached hydrogen (secondary N) is 1. The van der Waals surface area contributed by atoms with Crippen LogP contribution in [0.4, 0.5) is 10.1 Å². The van der Waals surface area contributed by atoms with Gasteiger partial charge in [-0.25, -0.2) is 4.39 Å². The zero-order valence-electron chi connectivity index (χ0n) is 14.0. The lowest BCUT2D eigenvalue weighted by Crippen LogP contribution is -2.23. The summed E-state index contributed by atoms with van der Waals surface area (Å²) in [5, 5.41) is 2.89. The van der Waals surface area contributed by atoms with E-state index in [0.717, 1.165) is 0 Å². The lowest BCUT2D eigenvalue weighted by molar-refractivity contribution is -0.116. The van der Waals surface area contributed by atoms with Crippen LogP contribution in [-0.4, -0.2) is 16.4 Å². The van der Waals surface area contributed by atoms with Crippen LogP contribution in [0.25, 0.3) is 10.9 Å². The second-order valence-corrected chi connectivity index (χ2v) is 5.86. The van der Waals surface area contributed by atoms with Gasteiger partial charge in [0.25, 0.3) is 0 Å². The Bertz CT molecular complexity index is 1070. The maximum absolute atomic E-state index is 14.3. The van der Waals surface area contributed by atoms with Crippen LogP contribution < -0.4 is 16.5 Å². The summed E-state index contributed by atoms with van der Waals surface area (Å²) >= 11 is 0. The zero-order valence-corrected chi connectivity index (χ0v) is 14.0. The van der Waals surface area contributed by atoms with E-state index in [1.54, 1.807) is 19.1 Å². The van der Waals surface area contributed by atoms with Gasteiger partial charge in [0.2, 0.25) is 11.8 Å². The number of rotatable bonds is 4. The zero-order chi connectivity index (χ0) is 18.8. The first-order chi connectivity index (χ1) is 12.4. The number of hydrogen-bond acceptors (Lipinski definition) is 3. The van der Waals surface area contributed by atoms with Gasteiger partial charge in [0, 0.05) is 28.4 Å². The standard InChI is InChI=1S/C19H16FN3O3/c1-11-9-16(24)14-3-2-4-15(20)18(14)23(11)10-17(25)22-13-7-5-12(6-8-13)19(21)26/h2-9H,10H2,1H3,(H2,21,26)(H,22,25). The molecule has 132 valence electrons. The molecule has 0 aliphatic rings. The Morgan fingerprint density at radius 1 is 1.15 bits per heavy atom. The Morgan fingerprint density at radius 2 is 1.85 bits per heavy atom. The van der Waals surface area contributed by atoms with E-state index in [4.69, 9.17) is 5.73 Å². The summed E-state index contributed by atoms with van der Waals surface area (Å²) in [6.45, 7) is 1.48. The number of halogens is 1. The molecule has 0 unspecified atom stereocenters. The molecule has 0 saturated carbocycles. The van der Waals surface area contributed by atoms with Crippen LogP contribution >= 0.6 is 0 Å². The fourth-order valence-corrected chi connectivity index (χ4v) is 2.78. The number of fused-ring (bicyclic) bond motifs is 1. The van der Waals surface area contributed by atoms with Gasteiger partial charge in [-0.2, -0.15) is 0 Å². The van der Waals surface area contributed by atoms with E-state index in [1.807, 2.05) is 0 Å². The predicted octanol–water partition coefficient (Wildman–Crippen LogP) is 2.19. The Kier molecular flexibility index (Phi) is 4.53. The summed E-state index contributed by atoms with van der Waals surface area (Å²) in [5.74, 6) is -1.52. The summed E-state index contributed by atoms with van der Waals surface area (Å²) < 4.78 is 15.7. The fraction of sp³-hybridized carbons (Fsp3) is 0.105. The Balaban J connectivity index is 1.90. The third-order valence-electron chi connectivity index (χ3n) is 4.04. The first kappa shape index (κ1) is 17.3. The number of benzene rings is 2. The first-order valence-electron chi connectivity index (χ1n) is 7.85. The first-order valence-corrected chi connectivity index (χ1v) is 7.85. The Labute approximate surface area is 148 Å². The van der Waals surface area contributed by atoms with E-state index in [2.05, 4.69) is 5.32 Å². The van der Waals surface area contributed by atoms with Crippen molar-refractivity contribution in [1.82, 2.24) is 4.57 Å². The van der Waals surface area contributed by atoms with E-state index in [-0.39, 0.29) is 22.9 Å². The Morgan fingerprint density at radius 3 is 2.50 bits per heavy atom. The number of nitrogens with two attached hydrogens (primary N) is 1. The van der Waals surface area contributed by atoms with Crippen molar-refractivity contribution in [3.8, 4) is 0 Å². The minimum Gasteiger partial charge on any atom is -0.366 e. The number of carbonyl (C=O) groups excluding carboxylic acids is 2. The van der Waals surface area contributed by atoms with Gasteiger partial charge in [-0.1, -0.05) is 6.07 Å². The van der Waals surface area contributed by atoms with Crippen LogP contribution in [0.5, 0.6) is 0 Å². The topological polar surface area (TPSA) is 94.2 Å². The SMILES string of the molecule is Cc1cc(=O)c2cccc(F)c2n1CC(=O)Nc1ccc(C(N)=O)cc1. The summed E-state index contributed by atoms with van der Waals surface area (Å²) in [7, 11) is 0. The quantitative estimate of drug-likeness (QED) is 0.753. The number of pyridine rings is 1. The van der Waals surface area contributed by atoms with E-state index in [9.17, 15) is 18.8 Å². The van der Waals surface area contributed by atoms with Crippen molar-refractivity contribution in [3.05, 3.63) is 75.8 Å². The van der Waals surface area contributed by atoms with Gasteiger partial charge in [0.15, 0.2) is 5.43 Å². The van der Waals surface area contributed by atoms with Crippen molar-refractivity contribution >= 4 is 28.4 Å². The van der Waals surface area contributed by atoms with E-state index in [0.29, 0.717) is 16.9 Å². The molecule has 0 atom stereocenters. The smallest absolute Gasteiger partial charge is 0.248 e. The maximum atomic E-state index is 14.3. The molecule has 0 aliphatic carbocycles. The fourth-order valence-electron chi connectivity index (χ4n) is 2.78. The van der Waals surface area contributed by atoms with Gasteiger partial charge in [0.05, 0.1) is 5.52 Å². The summed E-state index contributed by atoms with van der Waals surface area (Å²) in [6.07, 6.45) is 0. The van der Waals surface area contributed by atoms with Crippen LogP contribution in [-0.2, 0) is 11.3 Å². The van der Waals surface area contributed by atoms with Crippen molar-refractivity contribution in [1.29, 1.82) is 0 Å². The molecule has 0 fully saturated rings. The van der Waals surface area contributed by atoms with Crippen LogP contribution in [0.2, 0.25) is 0 Å². The highest BCUT2D eigenvalue weighted by Crippen LogP contribution is 2.17. The molecule has 0 saturated heterocycles. The Hall–Kier alpha value is -3.48. The molecule has 0 spiro atoms. The van der Waals surface area contributed by atoms with Gasteiger partial charge in [-0.05, 0) is 43.3 Å². The number of hydrogen-bond donors (Lipinski definition) is 2. The third kappa shape index (κ3) is 3.32. The van der Waals surface area contributed by atoms with Crippen molar-refractivity contribution in [2.45, 2.75) is 13.5 Å². The second kappa shape index (κ2) is 6.79.